The lowest BCUT2D eigenvalue weighted by Crippen LogP contribution is -2.25. The Morgan fingerprint density at radius 3 is 2.94 bits per heavy atom. The zero-order chi connectivity index (χ0) is 13.1. The fourth-order valence-electron chi connectivity index (χ4n) is 1.69. The SMILES string of the molecule is COc1cc(NC(C)C(=O)O)c2ncccc2c1. The van der Waals surface area contributed by atoms with Gasteiger partial charge in [-0.25, -0.2) is 0 Å². The summed E-state index contributed by atoms with van der Waals surface area (Å²) in [7, 11) is 1.57. The van der Waals surface area contributed by atoms with Crippen LogP contribution >= 0.6 is 0 Å². The van der Waals surface area contributed by atoms with Gasteiger partial charge >= 0.3 is 5.97 Å². The molecule has 1 unspecified atom stereocenters. The molecule has 2 N–H and O–H groups in total. The molecule has 0 aliphatic heterocycles. The zero-order valence-electron chi connectivity index (χ0n) is 10.2. The second-order valence-electron chi connectivity index (χ2n) is 3.95. The number of anilines is 1. The maximum atomic E-state index is 10.9. The number of benzene rings is 1. The minimum atomic E-state index is -0.915. The number of rotatable bonds is 4. The third-order valence-electron chi connectivity index (χ3n) is 2.66. The fourth-order valence-corrected chi connectivity index (χ4v) is 1.69. The van der Waals surface area contributed by atoms with Crippen LogP contribution in [0.2, 0.25) is 0 Å². The van der Waals surface area contributed by atoms with Crippen molar-refractivity contribution in [2.24, 2.45) is 0 Å². The summed E-state index contributed by atoms with van der Waals surface area (Å²) in [5.74, 6) is -0.252. The lowest BCUT2D eigenvalue weighted by Gasteiger charge is -2.14. The Kier molecular flexibility index (Phi) is 3.32. The molecule has 2 rings (SSSR count). The van der Waals surface area contributed by atoms with E-state index >= 15 is 0 Å². The molecule has 0 radical (unpaired) electrons. The van der Waals surface area contributed by atoms with Crippen LogP contribution in [0.4, 0.5) is 5.69 Å². The van der Waals surface area contributed by atoms with E-state index in [4.69, 9.17) is 9.84 Å². The Hall–Kier alpha value is -2.30. The number of hydrogen-bond acceptors (Lipinski definition) is 4. The van der Waals surface area contributed by atoms with Gasteiger partial charge in [0, 0.05) is 17.6 Å². The molecule has 0 saturated heterocycles. The maximum absolute atomic E-state index is 10.9. The summed E-state index contributed by atoms with van der Waals surface area (Å²) >= 11 is 0. The van der Waals surface area contributed by atoms with Crippen molar-refractivity contribution in [3.8, 4) is 5.75 Å². The molecule has 0 amide bonds. The number of carbonyl (C=O) groups is 1. The van der Waals surface area contributed by atoms with E-state index in [1.807, 2.05) is 18.2 Å². The Morgan fingerprint density at radius 2 is 2.28 bits per heavy atom. The minimum Gasteiger partial charge on any atom is -0.497 e. The highest BCUT2D eigenvalue weighted by Gasteiger charge is 2.13. The Labute approximate surface area is 104 Å². The number of carboxylic acids is 1. The number of nitrogens with one attached hydrogen (secondary N) is 1. The van der Waals surface area contributed by atoms with E-state index in [2.05, 4.69) is 10.3 Å². The molecule has 0 saturated carbocycles. The highest BCUT2D eigenvalue weighted by molar-refractivity contribution is 5.93. The van der Waals surface area contributed by atoms with Gasteiger partial charge in [-0.2, -0.15) is 0 Å². The van der Waals surface area contributed by atoms with Crippen molar-refractivity contribution in [3.63, 3.8) is 0 Å². The van der Waals surface area contributed by atoms with Crippen molar-refractivity contribution < 1.29 is 14.6 Å². The molecule has 0 aliphatic rings. The predicted molar refractivity (Wildman–Crippen MR) is 69.0 cm³/mol. The highest BCUT2D eigenvalue weighted by atomic mass is 16.5. The first kappa shape index (κ1) is 12.2. The summed E-state index contributed by atoms with van der Waals surface area (Å²) in [6, 6.07) is 6.64. The largest absolute Gasteiger partial charge is 0.497 e. The normalized spacial score (nSPS) is 12.1. The molecule has 0 spiro atoms. The molecule has 0 bridgehead atoms. The number of fused-ring (bicyclic) bond motifs is 1. The molecule has 5 nitrogen and oxygen atoms in total. The Balaban J connectivity index is 2.50. The van der Waals surface area contributed by atoms with Gasteiger partial charge in [-0.3, -0.25) is 9.78 Å². The first-order chi connectivity index (χ1) is 8.61. The molecule has 1 aromatic heterocycles. The van der Waals surface area contributed by atoms with Crippen molar-refractivity contribution in [3.05, 3.63) is 30.5 Å². The second-order valence-corrected chi connectivity index (χ2v) is 3.95. The van der Waals surface area contributed by atoms with E-state index in [9.17, 15) is 4.79 Å². The van der Waals surface area contributed by atoms with E-state index in [1.54, 1.807) is 26.3 Å². The van der Waals surface area contributed by atoms with E-state index in [-0.39, 0.29) is 0 Å². The number of carboxylic acid groups (broad SMARTS) is 1. The molecular formula is C13H14N2O3. The number of aliphatic carboxylic acids is 1. The number of hydrogen-bond donors (Lipinski definition) is 2. The van der Waals surface area contributed by atoms with Crippen molar-refractivity contribution in [2.45, 2.75) is 13.0 Å². The summed E-state index contributed by atoms with van der Waals surface area (Å²) in [5.41, 5.74) is 1.38. The van der Waals surface area contributed by atoms with Gasteiger partial charge in [-0.05, 0) is 19.1 Å². The van der Waals surface area contributed by atoms with Gasteiger partial charge in [0.2, 0.25) is 0 Å². The van der Waals surface area contributed by atoms with Gasteiger partial charge in [0.1, 0.15) is 11.8 Å². The summed E-state index contributed by atoms with van der Waals surface area (Å²) in [4.78, 5) is 15.1. The molecule has 2 aromatic rings. The maximum Gasteiger partial charge on any atom is 0.325 e. The molecule has 0 aliphatic carbocycles. The lowest BCUT2D eigenvalue weighted by molar-refractivity contribution is -0.137. The molecule has 1 atom stereocenters. The van der Waals surface area contributed by atoms with Crippen molar-refractivity contribution in [1.82, 2.24) is 4.98 Å². The number of ether oxygens (including phenoxy) is 1. The van der Waals surface area contributed by atoms with Gasteiger partial charge in [0.15, 0.2) is 0 Å². The van der Waals surface area contributed by atoms with Crippen LogP contribution in [0.3, 0.4) is 0 Å². The average Bonchev–Trinajstić information content (AvgIpc) is 2.38. The number of methoxy groups -OCH3 is 1. The molecule has 1 aromatic carbocycles. The molecule has 94 valence electrons. The summed E-state index contributed by atoms with van der Waals surface area (Å²) in [6.07, 6.45) is 1.67. The molecule has 1 heterocycles. The summed E-state index contributed by atoms with van der Waals surface area (Å²) in [6.45, 7) is 1.58. The van der Waals surface area contributed by atoms with Crippen LogP contribution in [-0.2, 0) is 4.79 Å². The van der Waals surface area contributed by atoms with E-state index < -0.39 is 12.0 Å². The topological polar surface area (TPSA) is 71.5 Å². The predicted octanol–water partition coefficient (Wildman–Crippen LogP) is 2.13. The van der Waals surface area contributed by atoms with Crippen LogP contribution in [0.5, 0.6) is 5.75 Å². The van der Waals surface area contributed by atoms with E-state index in [0.29, 0.717) is 11.4 Å². The smallest absolute Gasteiger partial charge is 0.325 e. The molecule has 5 heteroatoms. The van der Waals surface area contributed by atoms with E-state index in [0.717, 1.165) is 10.9 Å². The van der Waals surface area contributed by atoms with Gasteiger partial charge in [0.25, 0.3) is 0 Å². The van der Waals surface area contributed by atoms with Gasteiger partial charge < -0.3 is 15.2 Å². The third-order valence-corrected chi connectivity index (χ3v) is 2.66. The molecule has 18 heavy (non-hydrogen) atoms. The summed E-state index contributed by atoms with van der Waals surface area (Å²) < 4.78 is 5.19. The van der Waals surface area contributed by atoms with Crippen LogP contribution < -0.4 is 10.1 Å². The van der Waals surface area contributed by atoms with Gasteiger partial charge in [-0.1, -0.05) is 6.07 Å². The van der Waals surface area contributed by atoms with Crippen molar-refractivity contribution in [2.75, 3.05) is 12.4 Å². The quantitative estimate of drug-likeness (QED) is 0.864. The van der Waals surface area contributed by atoms with Gasteiger partial charge in [0.05, 0.1) is 18.3 Å². The third kappa shape index (κ3) is 2.34. The fraction of sp³-hybridized carbons (Fsp3) is 0.231. The van der Waals surface area contributed by atoms with Gasteiger partial charge in [-0.15, -0.1) is 0 Å². The van der Waals surface area contributed by atoms with E-state index in [1.165, 1.54) is 0 Å². The lowest BCUT2D eigenvalue weighted by atomic mass is 10.1. The first-order valence-electron chi connectivity index (χ1n) is 5.54. The first-order valence-corrected chi connectivity index (χ1v) is 5.54. The Bertz CT molecular complexity index is 583. The second kappa shape index (κ2) is 4.91. The van der Waals surface area contributed by atoms with Crippen molar-refractivity contribution >= 4 is 22.6 Å². The number of aromatic nitrogens is 1. The Morgan fingerprint density at radius 1 is 1.50 bits per heavy atom. The molecule has 0 fully saturated rings. The van der Waals surface area contributed by atoms with Crippen LogP contribution in [0.25, 0.3) is 10.9 Å². The highest BCUT2D eigenvalue weighted by Crippen LogP contribution is 2.28. The average molecular weight is 246 g/mol. The van der Waals surface area contributed by atoms with Crippen LogP contribution in [0, 0.1) is 0 Å². The minimum absolute atomic E-state index is 0.653. The standard InChI is InChI=1S/C13H14N2O3/c1-8(13(16)17)15-11-7-10(18-2)6-9-4-3-5-14-12(9)11/h3-8,15H,1-2H3,(H,16,17). The number of nitrogens with zero attached hydrogens (tertiary/aromatic N) is 1. The van der Waals surface area contributed by atoms with Crippen LogP contribution in [0.15, 0.2) is 30.5 Å². The van der Waals surface area contributed by atoms with Crippen molar-refractivity contribution in [1.29, 1.82) is 0 Å². The molecular weight excluding hydrogens is 232 g/mol. The monoisotopic (exact) mass is 246 g/mol. The number of pyridine rings is 1. The summed E-state index contributed by atoms with van der Waals surface area (Å²) in [5, 5.41) is 12.7. The zero-order valence-corrected chi connectivity index (χ0v) is 10.2. The van der Waals surface area contributed by atoms with Crippen LogP contribution in [-0.4, -0.2) is 29.2 Å². The van der Waals surface area contributed by atoms with Crippen LogP contribution in [0.1, 0.15) is 6.92 Å².